The minimum atomic E-state index is -4.65. The Bertz CT molecular complexity index is 971. The van der Waals surface area contributed by atoms with E-state index in [-0.39, 0.29) is 18.5 Å². The molecule has 0 bridgehead atoms. The molecule has 158 valence electrons. The molecule has 3 aromatic rings. The molecule has 0 unspecified atom stereocenters. The van der Waals surface area contributed by atoms with Crippen molar-refractivity contribution in [2.45, 2.75) is 25.7 Å². The molecule has 30 heavy (non-hydrogen) atoms. The van der Waals surface area contributed by atoms with Crippen molar-refractivity contribution in [3.05, 3.63) is 77.6 Å². The van der Waals surface area contributed by atoms with Crippen molar-refractivity contribution in [1.82, 2.24) is 9.78 Å². The van der Waals surface area contributed by atoms with Gasteiger partial charge in [0.25, 0.3) is 0 Å². The van der Waals surface area contributed by atoms with Crippen LogP contribution in [0.2, 0.25) is 0 Å². The minimum absolute atomic E-state index is 0.155. The Labute approximate surface area is 170 Å². The summed E-state index contributed by atoms with van der Waals surface area (Å²) in [4.78, 5) is 12.2. The van der Waals surface area contributed by atoms with Gasteiger partial charge in [0.05, 0.1) is 0 Å². The summed E-state index contributed by atoms with van der Waals surface area (Å²) in [6.45, 7) is -0.427. The van der Waals surface area contributed by atoms with Crippen LogP contribution in [0, 0.1) is 0 Å². The number of ether oxygens (including phenoxy) is 1. The van der Waals surface area contributed by atoms with Gasteiger partial charge in [0.1, 0.15) is 18.9 Å². The number of rotatable bonds is 8. The average molecular weight is 419 g/mol. The molecule has 3 rings (SSSR count). The summed E-state index contributed by atoms with van der Waals surface area (Å²) in [6.07, 6.45) is -3.72. The van der Waals surface area contributed by atoms with Gasteiger partial charge in [-0.1, -0.05) is 30.3 Å². The zero-order valence-corrected chi connectivity index (χ0v) is 15.9. The van der Waals surface area contributed by atoms with Crippen molar-refractivity contribution in [2.24, 2.45) is 0 Å². The van der Waals surface area contributed by atoms with Crippen molar-refractivity contribution in [3.8, 4) is 5.75 Å². The molecule has 0 radical (unpaired) electrons. The molecule has 9 heteroatoms. The highest BCUT2D eigenvalue weighted by Crippen LogP contribution is 2.30. The molecule has 2 N–H and O–H groups in total. The van der Waals surface area contributed by atoms with Crippen LogP contribution in [0.3, 0.4) is 0 Å². The fourth-order valence-corrected chi connectivity index (χ4v) is 2.81. The molecule has 0 atom stereocenters. The monoisotopic (exact) mass is 419 g/mol. The number of anilines is 1. The molecule has 0 aliphatic rings. The molecule has 0 aliphatic carbocycles. The Morgan fingerprint density at radius 1 is 1.10 bits per heavy atom. The quantitative estimate of drug-likeness (QED) is 0.584. The van der Waals surface area contributed by atoms with Gasteiger partial charge in [0, 0.05) is 24.1 Å². The largest absolute Gasteiger partial charge is 0.489 e. The highest BCUT2D eigenvalue weighted by Gasteiger charge is 2.37. The zero-order valence-electron chi connectivity index (χ0n) is 15.9. The van der Waals surface area contributed by atoms with Crippen LogP contribution in [0.4, 0.5) is 18.9 Å². The SMILES string of the molecule is O=C(Cn1cc(CCO)c(C(F)(F)F)n1)Nc1ccc(OCc2ccccc2)cc1. The maximum absolute atomic E-state index is 13.0. The number of aliphatic hydroxyl groups excluding tert-OH is 1. The fraction of sp³-hybridized carbons (Fsp3) is 0.238. The van der Waals surface area contributed by atoms with Gasteiger partial charge in [0.15, 0.2) is 5.69 Å². The predicted octanol–water partition coefficient (Wildman–Crippen LogP) is 3.65. The van der Waals surface area contributed by atoms with E-state index in [1.165, 1.54) is 0 Å². The van der Waals surface area contributed by atoms with Crippen LogP contribution < -0.4 is 10.1 Å². The molecule has 0 saturated heterocycles. The molecule has 1 aromatic heterocycles. The van der Waals surface area contributed by atoms with E-state index >= 15 is 0 Å². The van der Waals surface area contributed by atoms with Crippen LogP contribution in [-0.2, 0) is 30.5 Å². The summed E-state index contributed by atoms with van der Waals surface area (Å²) in [5, 5.41) is 15.0. The number of halogens is 3. The minimum Gasteiger partial charge on any atom is -0.489 e. The highest BCUT2D eigenvalue weighted by molar-refractivity contribution is 5.90. The van der Waals surface area contributed by atoms with Crippen molar-refractivity contribution >= 4 is 11.6 Å². The highest BCUT2D eigenvalue weighted by atomic mass is 19.4. The van der Waals surface area contributed by atoms with Crippen LogP contribution in [-0.4, -0.2) is 27.4 Å². The molecular weight excluding hydrogens is 399 g/mol. The third-order valence-corrected chi connectivity index (χ3v) is 4.18. The second-order valence-corrected chi connectivity index (χ2v) is 6.52. The van der Waals surface area contributed by atoms with Gasteiger partial charge in [-0.25, -0.2) is 0 Å². The van der Waals surface area contributed by atoms with E-state index in [1.54, 1.807) is 24.3 Å². The van der Waals surface area contributed by atoms with E-state index in [0.717, 1.165) is 16.4 Å². The first-order valence-electron chi connectivity index (χ1n) is 9.16. The van der Waals surface area contributed by atoms with E-state index in [1.807, 2.05) is 30.3 Å². The number of hydrogen-bond donors (Lipinski definition) is 2. The molecule has 2 aromatic carbocycles. The number of alkyl halides is 3. The molecular formula is C21H20F3N3O3. The molecule has 0 saturated carbocycles. The van der Waals surface area contributed by atoms with Crippen molar-refractivity contribution in [1.29, 1.82) is 0 Å². The van der Waals surface area contributed by atoms with Crippen LogP contribution in [0.1, 0.15) is 16.8 Å². The maximum Gasteiger partial charge on any atom is 0.435 e. The van der Waals surface area contributed by atoms with Crippen LogP contribution in [0.5, 0.6) is 5.75 Å². The van der Waals surface area contributed by atoms with E-state index in [0.29, 0.717) is 18.0 Å². The van der Waals surface area contributed by atoms with Crippen molar-refractivity contribution in [2.75, 3.05) is 11.9 Å². The topological polar surface area (TPSA) is 76.4 Å². The third-order valence-electron chi connectivity index (χ3n) is 4.18. The smallest absolute Gasteiger partial charge is 0.435 e. The zero-order chi connectivity index (χ0) is 21.6. The van der Waals surface area contributed by atoms with Crippen LogP contribution in [0.25, 0.3) is 0 Å². The van der Waals surface area contributed by atoms with Crippen LogP contribution in [0.15, 0.2) is 60.8 Å². The van der Waals surface area contributed by atoms with Gasteiger partial charge in [-0.3, -0.25) is 9.48 Å². The molecule has 1 heterocycles. The Morgan fingerprint density at radius 3 is 2.43 bits per heavy atom. The Kier molecular flexibility index (Phi) is 6.73. The van der Waals surface area contributed by atoms with Crippen molar-refractivity contribution in [3.63, 3.8) is 0 Å². The van der Waals surface area contributed by atoms with E-state index in [2.05, 4.69) is 10.4 Å². The molecule has 0 spiro atoms. The van der Waals surface area contributed by atoms with Gasteiger partial charge in [0.2, 0.25) is 5.91 Å². The lowest BCUT2D eigenvalue weighted by molar-refractivity contribution is -0.142. The lowest BCUT2D eigenvalue weighted by Crippen LogP contribution is -2.19. The summed E-state index contributed by atoms with van der Waals surface area (Å²) in [6, 6.07) is 16.3. The Morgan fingerprint density at radius 2 is 1.80 bits per heavy atom. The fourth-order valence-electron chi connectivity index (χ4n) is 2.81. The van der Waals surface area contributed by atoms with Gasteiger partial charge in [-0.15, -0.1) is 0 Å². The number of carbonyl (C=O) groups excluding carboxylic acids is 1. The van der Waals surface area contributed by atoms with E-state index in [9.17, 15) is 18.0 Å². The number of nitrogens with one attached hydrogen (secondary N) is 1. The number of amides is 1. The number of aliphatic hydroxyl groups is 1. The second-order valence-electron chi connectivity index (χ2n) is 6.52. The first-order chi connectivity index (χ1) is 14.3. The lowest BCUT2D eigenvalue weighted by Gasteiger charge is -2.09. The Balaban J connectivity index is 1.57. The molecule has 0 aliphatic heterocycles. The maximum atomic E-state index is 13.0. The normalized spacial score (nSPS) is 11.3. The van der Waals surface area contributed by atoms with Gasteiger partial charge in [-0.05, 0) is 36.2 Å². The molecule has 6 nitrogen and oxygen atoms in total. The number of benzene rings is 2. The molecule has 0 fully saturated rings. The lowest BCUT2D eigenvalue weighted by atomic mass is 10.2. The van der Waals surface area contributed by atoms with E-state index in [4.69, 9.17) is 9.84 Å². The standard InChI is InChI=1S/C21H20F3N3O3/c22-21(23,24)20-16(10-11-28)12-27(26-20)13-19(29)25-17-6-8-18(9-7-17)30-14-15-4-2-1-3-5-15/h1-9,12,28H,10-11,13-14H2,(H,25,29). The number of nitrogens with zero attached hydrogens (tertiary/aromatic N) is 2. The van der Waals surface area contributed by atoms with Gasteiger partial charge >= 0.3 is 6.18 Å². The van der Waals surface area contributed by atoms with Gasteiger partial charge in [-0.2, -0.15) is 18.3 Å². The Hall–Kier alpha value is -3.33. The first-order valence-corrected chi connectivity index (χ1v) is 9.16. The summed E-state index contributed by atoms with van der Waals surface area (Å²) in [5.41, 5.74) is 0.251. The third kappa shape index (κ3) is 5.84. The van der Waals surface area contributed by atoms with Crippen molar-refractivity contribution < 1.29 is 27.8 Å². The number of hydrogen-bond acceptors (Lipinski definition) is 4. The summed E-state index contributed by atoms with van der Waals surface area (Å²) in [7, 11) is 0. The molecule has 1 amide bonds. The number of aromatic nitrogens is 2. The average Bonchev–Trinajstić information content (AvgIpc) is 3.11. The predicted molar refractivity (Wildman–Crippen MR) is 104 cm³/mol. The number of carbonyl (C=O) groups is 1. The summed E-state index contributed by atoms with van der Waals surface area (Å²) in [5.74, 6) is 0.0899. The summed E-state index contributed by atoms with van der Waals surface area (Å²) >= 11 is 0. The first kappa shape index (κ1) is 21.4. The van der Waals surface area contributed by atoms with Gasteiger partial charge < -0.3 is 15.2 Å². The van der Waals surface area contributed by atoms with Crippen LogP contribution >= 0.6 is 0 Å². The summed E-state index contributed by atoms with van der Waals surface area (Å²) < 4.78 is 45.6. The second kappa shape index (κ2) is 9.45. The van der Waals surface area contributed by atoms with E-state index < -0.39 is 24.4 Å².